The molecule has 0 spiro atoms. The molecule has 1 aromatic heterocycles. The zero-order valence-electron chi connectivity index (χ0n) is 7.79. The van der Waals surface area contributed by atoms with Crippen LogP contribution in [0.5, 0.6) is 0 Å². The van der Waals surface area contributed by atoms with Crippen LogP contribution in [0.1, 0.15) is 25.3 Å². The van der Waals surface area contributed by atoms with Crippen molar-refractivity contribution in [1.29, 1.82) is 0 Å². The first kappa shape index (κ1) is 8.30. The van der Waals surface area contributed by atoms with Gasteiger partial charge in [-0.25, -0.2) is 0 Å². The van der Waals surface area contributed by atoms with Crippen LogP contribution in [0.25, 0.3) is 10.9 Å². The fourth-order valence-corrected chi connectivity index (χ4v) is 1.54. The molecule has 2 aromatic rings. The van der Waals surface area contributed by atoms with Crippen molar-refractivity contribution in [3.05, 3.63) is 30.0 Å². The zero-order valence-corrected chi connectivity index (χ0v) is 7.79. The van der Waals surface area contributed by atoms with Gasteiger partial charge in [0.2, 0.25) is 0 Å². The minimum Gasteiger partial charge on any atom is -0.363 e. The predicted molar refractivity (Wildman–Crippen MR) is 52.6 cm³/mol. The van der Waals surface area contributed by atoms with Crippen molar-refractivity contribution in [2.75, 3.05) is 0 Å². The molecule has 13 heavy (non-hydrogen) atoms. The molecule has 0 fully saturated rings. The Morgan fingerprint density at radius 3 is 3.15 bits per heavy atom. The maximum atomic E-state index is 4.94. The van der Waals surface area contributed by atoms with E-state index in [0.29, 0.717) is 0 Å². The van der Waals surface area contributed by atoms with Crippen LogP contribution in [0.2, 0.25) is 0 Å². The molecule has 0 unspecified atom stereocenters. The van der Waals surface area contributed by atoms with Crippen molar-refractivity contribution < 1.29 is 4.52 Å². The number of hydrogen-bond donors (Lipinski definition) is 0. The van der Waals surface area contributed by atoms with Crippen LogP contribution in [0, 0.1) is 0 Å². The Labute approximate surface area is 77.5 Å². The molecule has 2 rings (SSSR count). The van der Waals surface area contributed by atoms with E-state index in [1.807, 2.05) is 12.1 Å². The molecule has 2 nitrogen and oxygen atoms in total. The van der Waals surface area contributed by atoms with Gasteiger partial charge in [0.05, 0.1) is 0 Å². The molecule has 0 N–H and O–H groups in total. The van der Waals surface area contributed by atoms with Crippen LogP contribution in [-0.4, -0.2) is 5.16 Å². The molecule has 0 aliphatic rings. The summed E-state index contributed by atoms with van der Waals surface area (Å²) < 4.78 is 4.94. The van der Waals surface area contributed by atoms with Gasteiger partial charge in [-0.2, -0.15) is 0 Å². The van der Waals surface area contributed by atoms with Crippen molar-refractivity contribution in [1.82, 2.24) is 5.16 Å². The Kier molecular flexibility index (Phi) is 2.30. The molecule has 2 heteroatoms. The second-order valence-corrected chi connectivity index (χ2v) is 3.27. The highest BCUT2D eigenvalue weighted by molar-refractivity contribution is 5.80. The summed E-state index contributed by atoms with van der Waals surface area (Å²) in [5.74, 6) is 0. The number of fused-ring (bicyclic) bond motifs is 1. The van der Waals surface area contributed by atoms with Crippen LogP contribution < -0.4 is 0 Å². The third-order valence-electron chi connectivity index (χ3n) is 2.29. The zero-order chi connectivity index (χ0) is 9.10. The quantitative estimate of drug-likeness (QED) is 0.716. The Balaban J connectivity index is 2.37. The van der Waals surface area contributed by atoms with Gasteiger partial charge in [0, 0.05) is 5.39 Å². The molecule has 0 atom stereocenters. The van der Waals surface area contributed by atoms with E-state index in [1.165, 1.54) is 18.4 Å². The lowest BCUT2D eigenvalue weighted by Crippen LogP contribution is -1.84. The molecule has 0 radical (unpaired) electrons. The van der Waals surface area contributed by atoms with Gasteiger partial charge in [0.1, 0.15) is 11.8 Å². The molecule has 1 aromatic carbocycles. The smallest absolute Gasteiger partial charge is 0.131 e. The Morgan fingerprint density at radius 1 is 1.38 bits per heavy atom. The number of nitrogens with zero attached hydrogens (tertiary/aromatic N) is 1. The summed E-state index contributed by atoms with van der Waals surface area (Å²) in [5, 5.41) is 5.08. The summed E-state index contributed by atoms with van der Waals surface area (Å²) in [5.41, 5.74) is 2.31. The molecule has 0 bridgehead atoms. The maximum Gasteiger partial charge on any atom is 0.131 e. The van der Waals surface area contributed by atoms with Crippen molar-refractivity contribution in [2.24, 2.45) is 0 Å². The first-order chi connectivity index (χ1) is 6.42. The molecular formula is C11H13NO. The average molecular weight is 175 g/mol. The summed E-state index contributed by atoms with van der Waals surface area (Å²) in [6, 6.07) is 6.17. The van der Waals surface area contributed by atoms with E-state index in [2.05, 4.69) is 18.1 Å². The third-order valence-corrected chi connectivity index (χ3v) is 2.29. The highest BCUT2D eigenvalue weighted by atomic mass is 16.5. The lowest BCUT2D eigenvalue weighted by molar-refractivity contribution is 0.428. The lowest BCUT2D eigenvalue weighted by Gasteiger charge is -1.99. The topological polar surface area (TPSA) is 26.0 Å². The molecule has 0 amide bonds. The first-order valence-corrected chi connectivity index (χ1v) is 4.74. The fraction of sp³-hybridized carbons (Fsp3) is 0.364. The number of unbranched alkanes of at least 4 members (excludes halogenated alkanes) is 1. The largest absolute Gasteiger partial charge is 0.363 e. The molecule has 0 aliphatic carbocycles. The molecule has 68 valence electrons. The van der Waals surface area contributed by atoms with Crippen molar-refractivity contribution >= 4 is 10.9 Å². The minimum absolute atomic E-state index is 0.966. The second-order valence-electron chi connectivity index (χ2n) is 3.27. The number of hydrogen-bond acceptors (Lipinski definition) is 2. The minimum atomic E-state index is 0.966. The summed E-state index contributed by atoms with van der Waals surface area (Å²) in [6.07, 6.45) is 5.31. The fourth-order valence-electron chi connectivity index (χ4n) is 1.54. The predicted octanol–water partition coefficient (Wildman–Crippen LogP) is 3.17. The van der Waals surface area contributed by atoms with Gasteiger partial charge in [-0.3, -0.25) is 0 Å². The molecule has 0 aliphatic heterocycles. The summed E-state index contributed by atoms with van der Waals surface area (Å²) in [4.78, 5) is 0. The first-order valence-electron chi connectivity index (χ1n) is 4.74. The standard InChI is InChI=1S/C11H13NO/c1-2-3-5-9-6-4-7-11-10(9)8-13-12-11/h4,6-8H,2-3,5H2,1H3. The molecule has 0 saturated heterocycles. The van der Waals surface area contributed by atoms with E-state index in [1.54, 1.807) is 6.26 Å². The van der Waals surface area contributed by atoms with Gasteiger partial charge in [0.15, 0.2) is 0 Å². The normalized spacial score (nSPS) is 10.8. The van der Waals surface area contributed by atoms with Crippen LogP contribution in [0.4, 0.5) is 0 Å². The molecular weight excluding hydrogens is 162 g/mol. The SMILES string of the molecule is CCCCc1cccc2nocc12. The number of aryl methyl sites for hydroxylation is 1. The van der Waals surface area contributed by atoms with Crippen LogP contribution in [0.15, 0.2) is 29.0 Å². The molecule has 1 heterocycles. The number of rotatable bonds is 3. The number of aromatic nitrogens is 1. The molecule has 0 saturated carbocycles. The van der Waals surface area contributed by atoms with Gasteiger partial charge in [-0.1, -0.05) is 30.6 Å². The van der Waals surface area contributed by atoms with Crippen molar-refractivity contribution in [2.45, 2.75) is 26.2 Å². The highest BCUT2D eigenvalue weighted by Gasteiger charge is 2.02. The van der Waals surface area contributed by atoms with E-state index in [4.69, 9.17) is 4.52 Å². The summed E-state index contributed by atoms with van der Waals surface area (Å²) in [7, 11) is 0. The van der Waals surface area contributed by atoms with E-state index in [9.17, 15) is 0 Å². The van der Waals surface area contributed by atoms with E-state index in [-0.39, 0.29) is 0 Å². The Hall–Kier alpha value is -1.31. The van der Waals surface area contributed by atoms with Crippen LogP contribution in [0.3, 0.4) is 0 Å². The van der Waals surface area contributed by atoms with Gasteiger partial charge in [0.25, 0.3) is 0 Å². The Morgan fingerprint density at radius 2 is 2.31 bits per heavy atom. The van der Waals surface area contributed by atoms with E-state index in [0.717, 1.165) is 17.3 Å². The van der Waals surface area contributed by atoms with Gasteiger partial charge in [-0.05, 0) is 24.5 Å². The van der Waals surface area contributed by atoms with Gasteiger partial charge >= 0.3 is 0 Å². The van der Waals surface area contributed by atoms with Crippen molar-refractivity contribution in [3.63, 3.8) is 0 Å². The van der Waals surface area contributed by atoms with Crippen LogP contribution >= 0.6 is 0 Å². The number of benzene rings is 1. The van der Waals surface area contributed by atoms with Gasteiger partial charge < -0.3 is 4.52 Å². The van der Waals surface area contributed by atoms with Crippen molar-refractivity contribution in [3.8, 4) is 0 Å². The lowest BCUT2D eigenvalue weighted by atomic mass is 10.1. The second kappa shape index (κ2) is 3.60. The average Bonchev–Trinajstić information content (AvgIpc) is 2.62. The van der Waals surface area contributed by atoms with Gasteiger partial charge in [-0.15, -0.1) is 0 Å². The Bertz CT molecular complexity index is 392. The van der Waals surface area contributed by atoms with E-state index < -0.39 is 0 Å². The summed E-state index contributed by atoms with van der Waals surface area (Å²) in [6.45, 7) is 2.20. The monoisotopic (exact) mass is 175 g/mol. The maximum absolute atomic E-state index is 4.94. The highest BCUT2D eigenvalue weighted by Crippen LogP contribution is 2.18. The van der Waals surface area contributed by atoms with Crippen LogP contribution in [-0.2, 0) is 6.42 Å². The van der Waals surface area contributed by atoms with E-state index >= 15 is 0 Å². The summed E-state index contributed by atoms with van der Waals surface area (Å²) >= 11 is 0. The third kappa shape index (κ3) is 1.57.